The van der Waals surface area contributed by atoms with Crippen LogP contribution in [0.4, 0.5) is 5.69 Å². The SMILES string of the molecule is CN1c2c(nn(-c3ccc(Cl)cc3Cl)c2-c2ccc(Cl)cc2)C(NC2CCCCC2)=CS1(=O)=O. The van der Waals surface area contributed by atoms with E-state index in [4.69, 9.17) is 39.9 Å². The maximum atomic E-state index is 13.2. The van der Waals surface area contributed by atoms with Crippen molar-refractivity contribution in [3.05, 3.63) is 68.6 Å². The van der Waals surface area contributed by atoms with Crippen molar-refractivity contribution in [1.82, 2.24) is 15.1 Å². The Hall–Kier alpha value is -2.19. The zero-order valence-electron chi connectivity index (χ0n) is 18.4. The topological polar surface area (TPSA) is 67.2 Å². The summed E-state index contributed by atoms with van der Waals surface area (Å²) in [5.41, 5.74) is 3.48. The number of hydrogen-bond donors (Lipinski definition) is 1. The van der Waals surface area contributed by atoms with Gasteiger partial charge in [0.25, 0.3) is 10.0 Å². The van der Waals surface area contributed by atoms with E-state index in [0.717, 1.165) is 31.2 Å². The van der Waals surface area contributed by atoms with E-state index in [-0.39, 0.29) is 6.04 Å². The fourth-order valence-electron chi connectivity index (χ4n) is 4.56. The number of nitrogens with zero attached hydrogens (tertiary/aromatic N) is 3. The smallest absolute Gasteiger partial charge is 0.259 e. The molecule has 178 valence electrons. The molecule has 0 saturated heterocycles. The van der Waals surface area contributed by atoms with Crippen molar-refractivity contribution in [2.45, 2.75) is 38.1 Å². The van der Waals surface area contributed by atoms with Crippen LogP contribution >= 0.6 is 34.8 Å². The first-order valence-corrected chi connectivity index (χ1v) is 13.7. The molecule has 34 heavy (non-hydrogen) atoms. The molecule has 1 aliphatic heterocycles. The maximum absolute atomic E-state index is 13.2. The van der Waals surface area contributed by atoms with Crippen LogP contribution in [-0.2, 0) is 10.0 Å². The number of nitrogens with one attached hydrogen (secondary N) is 1. The lowest BCUT2D eigenvalue weighted by molar-refractivity contribution is 0.408. The number of halogens is 3. The highest BCUT2D eigenvalue weighted by Gasteiger charge is 2.36. The van der Waals surface area contributed by atoms with E-state index in [2.05, 4.69) is 5.32 Å². The van der Waals surface area contributed by atoms with Crippen LogP contribution in [0.15, 0.2) is 47.9 Å². The van der Waals surface area contributed by atoms with Gasteiger partial charge >= 0.3 is 0 Å². The number of aromatic nitrogens is 2. The summed E-state index contributed by atoms with van der Waals surface area (Å²) >= 11 is 18.8. The Kier molecular flexibility index (Phi) is 6.31. The van der Waals surface area contributed by atoms with Gasteiger partial charge in [0.1, 0.15) is 11.4 Å². The van der Waals surface area contributed by atoms with Crippen molar-refractivity contribution >= 4 is 56.2 Å². The second-order valence-electron chi connectivity index (χ2n) is 8.58. The molecule has 0 unspecified atom stereocenters. The van der Waals surface area contributed by atoms with Crippen LogP contribution < -0.4 is 9.62 Å². The van der Waals surface area contributed by atoms with Gasteiger partial charge in [-0.1, -0.05) is 66.2 Å². The van der Waals surface area contributed by atoms with Crippen LogP contribution in [0.2, 0.25) is 15.1 Å². The number of sulfonamides is 1. The summed E-state index contributed by atoms with van der Waals surface area (Å²) in [4.78, 5) is 0. The Morgan fingerprint density at radius 1 is 0.971 bits per heavy atom. The van der Waals surface area contributed by atoms with Gasteiger partial charge in [0.2, 0.25) is 0 Å². The summed E-state index contributed by atoms with van der Waals surface area (Å²) < 4.78 is 29.3. The average molecular weight is 538 g/mol. The minimum absolute atomic E-state index is 0.203. The zero-order valence-corrected chi connectivity index (χ0v) is 21.5. The Labute approximate surface area is 214 Å². The fourth-order valence-corrected chi connectivity index (χ4v) is 6.24. The molecule has 1 fully saturated rings. The van der Waals surface area contributed by atoms with E-state index in [0.29, 0.717) is 43.5 Å². The summed E-state index contributed by atoms with van der Waals surface area (Å²) in [7, 11) is -2.19. The normalized spacial score (nSPS) is 17.9. The summed E-state index contributed by atoms with van der Waals surface area (Å²) in [6.07, 6.45) is 5.44. The highest BCUT2D eigenvalue weighted by atomic mass is 35.5. The van der Waals surface area contributed by atoms with Crippen LogP contribution in [0.5, 0.6) is 0 Å². The van der Waals surface area contributed by atoms with Crippen molar-refractivity contribution in [1.29, 1.82) is 0 Å². The fraction of sp³-hybridized carbons (Fsp3) is 0.292. The molecule has 10 heteroatoms. The zero-order chi connectivity index (χ0) is 24.0. The average Bonchev–Trinajstić information content (AvgIpc) is 3.19. The largest absolute Gasteiger partial charge is 0.380 e. The van der Waals surface area contributed by atoms with Crippen LogP contribution in [0, 0.1) is 0 Å². The molecule has 5 rings (SSSR count). The number of fused-ring (bicyclic) bond motifs is 1. The Morgan fingerprint density at radius 2 is 1.65 bits per heavy atom. The highest BCUT2D eigenvalue weighted by molar-refractivity contribution is 7.95. The third-order valence-corrected chi connectivity index (χ3v) is 8.57. The second-order valence-corrected chi connectivity index (χ2v) is 11.7. The van der Waals surface area contributed by atoms with Crippen molar-refractivity contribution in [2.24, 2.45) is 0 Å². The van der Waals surface area contributed by atoms with Gasteiger partial charge in [-0.15, -0.1) is 0 Å². The monoisotopic (exact) mass is 536 g/mol. The van der Waals surface area contributed by atoms with Crippen LogP contribution in [0.25, 0.3) is 22.6 Å². The lowest BCUT2D eigenvalue weighted by Crippen LogP contribution is -2.35. The minimum Gasteiger partial charge on any atom is -0.380 e. The number of benzene rings is 2. The maximum Gasteiger partial charge on any atom is 0.259 e. The molecule has 0 bridgehead atoms. The van der Waals surface area contributed by atoms with Crippen LogP contribution in [-0.4, -0.2) is 31.3 Å². The molecule has 1 saturated carbocycles. The van der Waals surface area contributed by atoms with Gasteiger partial charge in [0, 0.05) is 28.7 Å². The van der Waals surface area contributed by atoms with E-state index >= 15 is 0 Å². The summed E-state index contributed by atoms with van der Waals surface area (Å²) in [5, 5.41) is 11.1. The molecule has 1 aromatic heterocycles. The molecule has 2 aliphatic rings. The Bertz CT molecular complexity index is 1380. The Balaban J connectivity index is 1.75. The molecule has 1 aliphatic carbocycles. The molecular weight excluding hydrogens is 515 g/mol. The van der Waals surface area contributed by atoms with E-state index in [9.17, 15) is 8.42 Å². The molecule has 0 spiro atoms. The van der Waals surface area contributed by atoms with Gasteiger partial charge in [0.15, 0.2) is 0 Å². The van der Waals surface area contributed by atoms with Gasteiger partial charge in [-0.3, -0.25) is 4.31 Å². The lowest BCUT2D eigenvalue weighted by Gasteiger charge is -2.29. The molecule has 0 radical (unpaired) electrons. The highest BCUT2D eigenvalue weighted by Crippen LogP contribution is 2.43. The number of anilines is 1. The van der Waals surface area contributed by atoms with Gasteiger partial charge in [-0.25, -0.2) is 13.1 Å². The van der Waals surface area contributed by atoms with E-state index in [1.807, 2.05) is 12.1 Å². The third-order valence-electron chi connectivity index (χ3n) is 6.30. The molecule has 6 nitrogen and oxygen atoms in total. The molecule has 0 amide bonds. The first-order valence-electron chi connectivity index (χ1n) is 11.1. The first-order chi connectivity index (χ1) is 16.2. The van der Waals surface area contributed by atoms with E-state index in [1.54, 1.807) is 35.0 Å². The standard InChI is InChI=1S/C24H23Cl3N4O2S/c1-30-24-22(20(14-34(30,32)33)28-18-5-3-2-4-6-18)29-31(21-12-11-17(26)13-19(21)27)23(24)15-7-9-16(25)10-8-15/h7-14,18,28H,2-6H2,1H3. The predicted molar refractivity (Wildman–Crippen MR) is 139 cm³/mol. The number of hydrogen-bond acceptors (Lipinski definition) is 4. The first kappa shape index (κ1) is 23.5. The summed E-state index contributed by atoms with van der Waals surface area (Å²) in [6.45, 7) is 0. The van der Waals surface area contributed by atoms with Gasteiger partial charge in [-0.2, -0.15) is 5.10 Å². The number of rotatable bonds is 4. The van der Waals surface area contributed by atoms with Crippen LogP contribution in [0.3, 0.4) is 0 Å². The van der Waals surface area contributed by atoms with Gasteiger partial charge in [-0.05, 0) is 43.2 Å². The second kappa shape index (κ2) is 9.11. The van der Waals surface area contributed by atoms with Crippen molar-refractivity contribution in [2.75, 3.05) is 11.4 Å². The summed E-state index contributed by atoms with van der Waals surface area (Å²) in [5.74, 6) is 0. The molecule has 2 aromatic carbocycles. The van der Waals surface area contributed by atoms with E-state index in [1.165, 1.54) is 23.2 Å². The summed E-state index contributed by atoms with van der Waals surface area (Å²) in [6, 6.07) is 12.6. The van der Waals surface area contributed by atoms with Crippen molar-refractivity contribution < 1.29 is 8.42 Å². The quantitative estimate of drug-likeness (QED) is 0.412. The lowest BCUT2D eigenvalue weighted by atomic mass is 9.95. The third kappa shape index (κ3) is 4.31. The molecule has 2 heterocycles. The molecule has 1 N–H and O–H groups in total. The minimum atomic E-state index is -3.72. The Morgan fingerprint density at radius 3 is 2.32 bits per heavy atom. The van der Waals surface area contributed by atoms with Crippen LogP contribution in [0.1, 0.15) is 37.8 Å². The molecular formula is C24H23Cl3N4O2S. The van der Waals surface area contributed by atoms with Gasteiger partial charge < -0.3 is 5.32 Å². The van der Waals surface area contributed by atoms with Crippen molar-refractivity contribution in [3.8, 4) is 16.9 Å². The molecule has 3 aromatic rings. The van der Waals surface area contributed by atoms with E-state index < -0.39 is 10.0 Å². The predicted octanol–water partition coefficient (Wildman–Crippen LogP) is 6.50. The molecule has 0 atom stereocenters. The van der Waals surface area contributed by atoms with Crippen molar-refractivity contribution in [3.63, 3.8) is 0 Å². The van der Waals surface area contributed by atoms with Gasteiger partial charge in [0.05, 0.1) is 27.5 Å².